The summed E-state index contributed by atoms with van der Waals surface area (Å²) < 4.78 is 30.2. The number of nitrogens with one attached hydrogen (secondary N) is 4. The Morgan fingerprint density at radius 3 is 2.06 bits per heavy atom. The summed E-state index contributed by atoms with van der Waals surface area (Å²) >= 11 is 7.10. The lowest BCUT2D eigenvalue weighted by atomic mass is 10.0. The minimum absolute atomic E-state index is 0.00135. The lowest BCUT2D eigenvalue weighted by Gasteiger charge is -2.35. The molecule has 0 bridgehead atoms. The van der Waals surface area contributed by atoms with Crippen molar-refractivity contribution in [3.63, 3.8) is 0 Å². The second-order valence-electron chi connectivity index (χ2n) is 17.2. The van der Waals surface area contributed by atoms with E-state index in [1.54, 1.807) is 30.0 Å². The van der Waals surface area contributed by atoms with Crippen LogP contribution in [0.3, 0.4) is 0 Å². The molecule has 4 aromatic heterocycles. The molecule has 7 rings (SSSR count). The Balaban J connectivity index is 0.661. The molecule has 5 heterocycles. The summed E-state index contributed by atoms with van der Waals surface area (Å²) in [5.74, 6) is 0.368. The molecule has 1 aliphatic heterocycles. The van der Waals surface area contributed by atoms with Crippen LogP contribution >= 0.6 is 22.9 Å². The van der Waals surface area contributed by atoms with Gasteiger partial charge in [-0.25, -0.2) is 15.0 Å². The molecule has 1 aromatic carbocycles. The number of aromatic nitrogens is 5. The first kappa shape index (κ1) is 53.2. The molecule has 5 aromatic rings. The van der Waals surface area contributed by atoms with Crippen LogP contribution in [0.1, 0.15) is 70.5 Å². The highest BCUT2D eigenvalue weighted by Crippen LogP contribution is 2.32. The van der Waals surface area contributed by atoms with Gasteiger partial charge in [-0.05, 0) is 75.1 Å². The number of hydrogen-bond acceptors (Lipinski definition) is 18. The third kappa shape index (κ3) is 15.7. The summed E-state index contributed by atoms with van der Waals surface area (Å²) in [4.78, 5) is 73.5. The van der Waals surface area contributed by atoms with Crippen LogP contribution in [-0.4, -0.2) is 159 Å². The van der Waals surface area contributed by atoms with Gasteiger partial charge in [0.1, 0.15) is 15.8 Å². The van der Waals surface area contributed by atoms with Crippen molar-refractivity contribution >= 4 is 79.8 Å². The number of ether oxygens (including phenoxy) is 5. The van der Waals surface area contributed by atoms with Gasteiger partial charge in [0.2, 0.25) is 11.9 Å². The highest BCUT2D eigenvalue weighted by molar-refractivity contribution is 7.19. The van der Waals surface area contributed by atoms with Gasteiger partial charge in [-0.15, -0.1) is 0 Å². The number of nitrogens with zero attached hydrogens (tertiary/aromatic N) is 7. The molecule has 0 unspecified atom stereocenters. The van der Waals surface area contributed by atoms with Gasteiger partial charge in [0.25, 0.3) is 11.5 Å². The number of hydrogen-bond donors (Lipinski definition) is 4. The Morgan fingerprint density at radius 2 is 1.45 bits per heavy atom. The highest BCUT2D eigenvalue weighted by Gasteiger charge is 2.26. The molecule has 2 fully saturated rings. The van der Waals surface area contributed by atoms with E-state index in [4.69, 9.17) is 40.3 Å². The molecule has 20 nitrogen and oxygen atoms in total. The van der Waals surface area contributed by atoms with E-state index in [1.807, 2.05) is 31.2 Å². The van der Waals surface area contributed by atoms with Crippen molar-refractivity contribution in [1.29, 1.82) is 0 Å². The zero-order chi connectivity index (χ0) is 50.0. The first-order valence-electron chi connectivity index (χ1n) is 24.1. The van der Waals surface area contributed by atoms with Crippen molar-refractivity contribution in [3.8, 4) is 0 Å². The molecule has 2 amide bonds. The van der Waals surface area contributed by atoms with Crippen molar-refractivity contribution < 1.29 is 38.1 Å². The van der Waals surface area contributed by atoms with Crippen molar-refractivity contribution in [2.45, 2.75) is 52.5 Å². The van der Waals surface area contributed by atoms with Crippen molar-refractivity contribution in [1.82, 2.24) is 34.7 Å². The van der Waals surface area contributed by atoms with E-state index >= 15 is 0 Å². The van der Waals surface area contributed by atoms with E-state index in [9.17, 15) is 19.2 Å². The quantitative estimate of drug-likeness (QED) is 0.0350. The SMILES string of the molecule is CC(=O)c1c(C)c2cnc(Nc3ccc(N4CCN(CC(=O)NCCOCCOCCOCCOCCOCCNc5ccc(C(=O)Nc6ncc(Cl)s6)c(C)c5)CC4)cn3)nc2n(C2CCCC2)c1=O. The Kier molecular flexibility index (Phi) is 20.4. The number of thiazole rings is 1. The van der Waals surface area contributed by atoms with Crippen LogP contribution in [-0.2, 0) is 28.5 Å². The van der Waals surface area contributed by atoms with E-state index in [2.05, 4.69) is 46.0 Å². The predicted molar refractivity (Wildman–Crippen MR) is 274 cm³/mol. The molecule has 0 spiro atoms. The average molecular weight is 1020 g/mol. The fourth-order valence-corrected chi connectivity index (χ4v) is 9.32. The lowest BCUT2D eigenvalue weighted by molar-refractivity contribution is -0.122. The van der Waals surface area contributed by atoms with Crippen LogP contribution in [0.4, 0.5) is 28.3 Å². The van der Waals surface area contributed by atoms with E-state index in [-0.39, 0.29) is 34.8 Å². The second-order valence-corrected chi connectivity index (χ2v) is 18.8. The maximum atomic E-state index is 13.6. The number of carbonyl (C=O) groups is 3. The average Bonchev–Trinajstić information content (AvgIpc) is 4.04. The fourth-order valence-electron chi connectivity index (χ4n) is 8.51. The Hall–Kier alpha value is -5.65. The minimum Gasteiger partial charge on any atom is -0.383 e. The van der Waals surface area contributed by atoms with Crippen LogP contribution < -0.4 is 31.7 Å². The van der Waals surface area contributed by atoms with E-state index in [0.29, 0.717) is 129 Å². The molecule has 382 valence electrons. The van der Waals surface area contributed by atoms with Crippen LogP contribution in [0.2, 0.25) is 4.34 Å². The van der Waals surface area contributed by atoms with Crippen LogP contribution in [0.5, 0.6) is 0 Å². The van der Waals surface area contributed by atoms with Crippen molar-refractivity contribution in [2.24, 2.45) is 0 Å². The number of aryl methyl sites for hydroxylation is 2. The number of carbonyl (C=O) groups excluding carboxylic acids is 3. The van der Waals surface area contributed by atoms with Crippen molar-refractivity contribution in [2.75, 3.05) is 133 Å². The van der Waals surface area contributed by atoms with Gasteiger partial charge in [0, 0.05) is 68.1 Å². The number of amides is 2. The third-order valence-corrected chi connectivity index (χ3v) is 13.2. The summed E-state index contributed by atoms with van der Waals surface area (Å²) in [6.07, 6.45) is 8.79. The number of benzene rings is 1. The number of piperazine rings is 1. The van der Waals surface area contributed by atoms with Gasteiger partial charge in [-0.2, -0.15) is 4.98 Å². The number of Topliss-reactive ketones (excluding diaryl/α,β-unsaturated/α-hetero) is 1. The normalized spacial score (nSPS) is 14.3. The zero-order valence-electron chi connectivity index (χ0n) is 40.6. The minimum atomic E-state index is -0.285. The van der Waals surface area contributed by atoms with Crippen LogP contribution in [0.15, 0.2) is 53.7 Å². The maximum Gasteiger partial charge on any atom is 0.263 e. The summed E-state index contributed by atoms with van der Waals surface area (Å²) in [5.41, 5.74) is 4.33. The first-order chi connectivity index (χ1) is 34.5. The predicted octanol–water partition coefficient (Wildman–Crippen LogP) is 5.66. The van der Waals surface area contributed by atoms with Gasteiger partial charge in [0.05, 0.1) is 96.3 Å². The van der Waals surface area contributed by atoms with Crippen LogP contribution in [0.25, 0.3) is 11.0 Å². The molecular formula is C49H64ClN11O9S. The number of pyridine rings is 2. The largest absolute Gasteiger partial charge is 0.383 e. The number of rotatable bonds is 28. The molecule has 0 radical (unpaired) electrons. The Morgan fingerprint density at radius 1 is 0.789 bits per heavy atom. The van der Waals surface area contributed by atoms with Gasteiger partial charge < -0.3 is 44.5 Å². The molecule has 1 saturated carbocycles. The molecule has 0 atom stereocenters. The van der Waals surface area contributed by atoms with Crippen LogP contribution in [0, 0.1) is 13.8 Å². The third-order valence-electron chi connectivity index (χ3n) is 12.1. The van der Waals surface area contributed by atoms with Gasteiger partial charge >= 0.3 is 0 Å². The van der Waals surface area contributed by atoms with Crippen molar-refractivity contribution in [3.05, 3.63) is 85.9 Å². The first-order valence-corrected chi connectivity index (χ1v) is 25.3. The molecule has 22 heteroatoms. The standard InChI is InChI=1S/C49H64ClN11O9S/c1-33-28-36(8-10-39(33)46(64)58-49-55-31-41(50)71-49)51-12-18-66-20-22-68-24-26-70-27-25-69-23-21-67-19-13-52-43(63)32-59-14-16-60(17-15-59)38-9-11-42(53-29-38)56-48-54-30-40-34(2)44(35(3)62)47(65)61(45(40)57-48)37-6-4-5-7-37/h8-11,28-31,37,51H,4-7,12-27,32H2,1-3H3,(H,52,63)(H,55,58,64)(H,53,54,56,57). The summed E-state index contributed by atoms with van der Waals surface area (Å²) in [7, 11) is 0. The lowest BCUT2D eigenvalue weighted by Crippen LogP contribution is -2.49. The number of ketones is 1. The monoisotopic (exact) mass is 1020 g/mol. The molecule has 71 heavy (non-hydrogen) atoms. The Labute approximate surface area is 422 Å². The number of halogens is 1. The smallest absolute Gasteiger partial charge is 0.263 e. The zero-order valence-corrected chi connectivity index (χ0v) is 42.2. The van der Waals surface area contributed by atoms with Gasteiger partial charge in [-0.1, -0.05) is 35.8 Å². The molecule has 4 N–H and O–H groups in total. The van der Waals surface area contributed by atoms with E-state index in [0.717, 1.165) is 68.8 Å². The second kappa shape index (κ2) is 27.3. The topological polar surface area (TPSA) is 226 Å². The summed E-state index contributed by atoms with van der Waals surface area (Å²) in [6, 6.07) is 9.41. The summed E-state index contributed by atoms with van der Waals surface area (Å²) in [6.45, 7) is 13.9. The highest BCUT2D eigenvalue weighted by atomic mass is 35.5. The maximum absolute atomic E-state index is 13.6. The van der Waals surface area contributed by atoms with E-state index < -0.39 is 0 Å². The van der Waals surface area contributed by atoms with Gasteiger partial charge in [0.15, 0.2) is 10.9 Å². The Bertz CT molecular complexity index is 2600. The molecular weight excluding hydrogens is 954 g/mol. The molecule has 1 aliphatic carbocycles. The van der Waals surface area contributed by atoms with E-state index in [1.165, 1.54) is 24.5 Å². The fraction of sp³-hybridized carbons (Fsp3) is 0.510. The number of anilines is 5. The van der Waals surface area contributed by atoms with Gasteiger partial charge in [-0.3, -0.25) is 34.0 Å². The molecule has 1 saturated heterocycles. The molecule has 2 aliphatic rings. The summed E-state index contributed by atoms with van der Waals surface area (Å²) in [5, 5.41) is 13.3. The number of fused-ring (bicyclic) bond motifs is 1.